The van der Waals surface area contributed by atoms with Crippen LogP contribution in [0.25, 0.3) is 0 Å². The number of nitrogens with zero attached hydrogens (tertiary/aromatic N) is 1. The number of rotatable bonds is 10. The maximum absolute atomic E-state index is 5.84. The van der Waals surface area contributed by atoms with Crippen molar-refractivity contribution in [1.82, 2.24) is 5.32 Å². The Morgan fingerprint density at radius 2 is 2.00 bits per heavy atom. The Morgan fingerprint density at radius 1 is 1.24 bits per heavy atom. The summed E-state index contributed by atoms with van der Waals surface area (Å²) in [5.41, 5.74) is 2.48. The van der Waals surface area contributed by atoms with Gasteiger partial charge < -0.3 is 15.0 Å². The second-order valence-electron chi connectivity index (χ2n) is 6.03. The predicted octanol–water partition coefficient (Wildman–Crippen LogP) is 4.07. The Labute approximate surface area is 130 Å². The number of hydrogen-bond donors (Lipinski definition) is 1. The van der Waals surface area contributed by atoms with Crippen LogP contribution >= 0.6 is 0 Å². The molecule has 0 atom stereocenters. The maximum Gasteiger partial charge on any atom is 0.142 e. The van der Waals surface area contributed by atoms with Crippen molar-refractivity contribution < 1.29 is 4.74 Å². The molecule has 0 spiro atoms. The van der Waals surface area contributed by atoms with Gasteiger partial charge in [0, 0.05) is 20.1 Å². The molecule has 0 saturated carbocycles. The molecule has 1 aromatic carbocycles. The number of ether oxygens (including phenoxy) is 1. The van der Waals surface area contributed by atoms with E-state index in [-0.39, 0.29) is 0 Å². The van der Waals surface area contributed by atoms with E-state index in [2.05, 4.69) is 56.2 Å². The fraction of sp³-hybridized carbons (Fsp3) is 0.667. The molecular formula is C18H32N2O. The lowest BCUT2D eigenvalue weighted by molar-refractivity contribution is 0.340. The molecule has 0 aliphatic carbocycles. The molecule has 0 unspecified atom stereocenters. The number of unbranched alkanes of at least 4 members (excludes halogenated alkanes) is 1. The summed E-state index contributed by atoms with van der Waals surface area (Å²) in [6.07, 6.45) is 2.42. The summed E-state index contributed by atoms with van der Waals surface area (Å²) in [6, 6.07) is 6.56. The normalized spacial score (nSPS) is 11.0. The molecule has 0 fully saturated rings. The maximum atomic E-state index is 5.84. The number of hydrogen-bond acceptors (Lipinski definition) is 3. The summed E-state index contributed by atoms with van der Waals surface area (Å²) in [5.74, 6) is 1.68. The first-order valence-corrected chi connectivity index (χ1v) is 8.26. The van der Waals surface area contributed by atoms with Crippen molar-refractivity contribution in [2.75, 3.05) is 31.6 Å². The van der Waals surface area contributed by atoms with E-state index < -0.39 is 0 Å². The van der Waals surface area contributed by atoms with Gasteiger partial charge in [-0.25, -0.2) is 0 Å². The molecule has 0 heterocycles. The first-order valence-electron chi connectivity index (χ1n) is 8.26. The van der Waals surface area contributed by atoms with Crippen molar-refractivity contribution in [3.63, 3.8) is 0 Å². The Bertz CT molecular complexity index is 404. The summed E-state index contributed by atoms with van der Waals surface area (Å²) in [7, 11) is 2.14. The lowest BCUT2D eigenvalue weighted by atomic mass is 10.1. The van der Waals surface area contributed by atoms with Gasteiger partial charge in [-0.3, -0.25) is 0 Å². The highest BCUT2D eigenvalue weighted by molar-refractivity contribution is 5.59. The predicted molar refractivity (Wildman–Crippen MR) is 92.3 cm³/mol. The van der Waals surface area contributed by atoms with Gasteiger partial charge in [-0.2, -0.15) is 0 Å². The molecule has 1 rings (SSSR count). The summed E-state index contributed by atoms with van der Waals surface area (Å²) in [4.78, 5) is 2.29. The van der Waals surface area contributed by atoms with E-state index in [1.54, 1.807) is 0 Å². The van der Waals surface area contributed by atoms with Crippen molar-refractivity contribution in [3.8, 4) is 5.75 Å². The lowest BCUT2D eigenvalue weighted by Gasteiger charge is -2.23. The van der Waals surface area contributed by atoms with Gasteiger partial charge in [0.2, 0.25) is 0 Å². The first-order chi connectivity index (χ1) is 10.1. The molecule has 3 nitrogen and oxygen atoms in total. The van der Waals surface area contributed by atoms with Gasteiger partial charge in [0.15, 0.2) is 0 Å². The molecule has 21 heavy (non-hydrogen) atoms. The van der Waals surface area contributed by atoms with Gasteiger partial charge in [-0.15, -0.1) is 0 Å². The van der Waals surface area contributed by atoms with E-state index in [4.69, 9.17) is 4.74 Å². The van der Waals surface area contributed by atoms with Crippen LogP contribution in [0.3, 0.4) is 0 Å². The largest absolute Gasteiger partial charge is 0.492 e. The molecule has 1 aromatic rings. The highest BCUT2D eigenvalue weighted by Gasteiger charge is 2.09. The Morgan fingerprint density at radius 3 is 2.62 bits per heavy atom. The second-order valence-corrected chi connectivity index (χ2v) is 6.03. The van der Waals surface area contributed by atoms with Crippen LogP contribution in [0.4, 0.5) is 5.69 Å². The van der Waals surface area contributed by atoms with Gasteiger partial charge in [0.1, 0.15) is 5.75 Å². The van der Waals surface area contributed by atoms with E-state index in [1.165, 1.54) is 24.1 Å². The molecule has 120 valence electrons. The van der Waals surface area contributed by atoms with E-state index in [1.807, 2.05) is 6.92 Å². The first kappa shape index (κ1) is 17.8. The van der Waals surface area contributed by atoms with E-state index >= 15 is 0 Å². The molecule has 0 saturated heterocycles. The van der Waals surface area contributed by atoms with Crippen LogP contribution in [-0.2, 0) is 6.54 Å². The van der Waals surface area contributed by atoms with Crippen molar-refractivity contribution in [2.45, 2.75) is 47.1 Å². The SMILES string of the molecule is CCCCN(C)c1ccc(CNCC(C)C)cc1OCC. The number of benzene rings is 1. The highest BCUT2D eigenvalue weighted by Crippen LogP contribution is 2.29. The molecule has 0 aromatic heterocycles. The van der Waals surface area contributed by atoms with Crippen molar-refractivity contribution in [2.24, 2.45) is 5.92 Å². The average molecular weight is 292 g/mol. The van der Waals surface area contributed by atoms with E-state index in [0.29, 0.717) is 12.5 Å². The van der Waals surface area contributed by atoms with Crippen molar-refractivity contribution >= 4 is 5.69 Å². The third kappa shape index (κ3) is 6.38. The van der Waals surface area contributed by atoms with Crippen LogP contribution in [-0.4, -0.2) is 26.7 Å². The van der Waals surface area contributed by atoms with Crippen molar-refractivity contribution in [1.29, 1.82) is 0 Å². The van der Waals surface area contributed by atoms with Gasteiger partial charge in [0.05, 0.1) is 12.3 Å². The zero-order chi connectivity index (χ0) is 15.7. The summed E-state index contributed by atoms with van der Waals surface area (Å²) >= 11 is 0. The number of anilines is 1. The zero-order valence-corrected chi connectivity index (χ0v) is 14.4. The molecule has 0 bridgehead atoms. The van der Waals surface area contributed by atoms with Gasteiger partial charge in [0.25, 0.3) is 0 Å². The quantitative estimate of drug-likeness (QED) is 0.703. The highest BCUT2D eigenvalue weighted by atomic mass is 16.5. The lowest BCUT2D eigenvalue weighted by Crippen LogP contribution is -2.21. The smallest absolute Gasteiger partial charge is 0.142 e. The van der Waals surface area contributed by atoms with Gasteiger partial charge >= 0.3 is 0 Å². The molecule has 0 amide bonds. The van der Waals surface area contributed by atoms with Crippen LogP contribution in [0.15, 0.2) is 18.2 Å². The van der Waals surface area contributed by atoms with Crippen LogP contribution in [0.1, 0.15) is 46.1 Å². The third-order valence-corrected chi connectivity index (χ3v) is 3.46. The standard InChI is InChI=1S/C18H32N2O/c1-6-8-11-20(5)17-10-9-16(12-18(17)21-7-2)14-19-13-15(3)4/h9-10,12,15,19H,6-8,11,13-14H2,1-5H3. The average Bonchev–Trinajstić information content (AvgIpc) is 2.45. The number of nitrogens with one attached hydrogen (secondary N) is 1. The summed E-state index contributed by atoms with van der Waals surface area (Å²) < 4.78 is 5.84. The zero-order valence-electron chi connectivity index (χ0n) is 14.4. The molecule has 0 aliphatic heterocycles. The molecule has 0 aliphatic rings. The minimum Gasteiger partial charge on any atom is -0.492 e. The van der Waals surface area contributed by atoms with Crippen LogP contribution in [0, 0.1) is 5.92 Å². The molecular weight excluding hydrogens is 260 g/mol. The van der Waals surface area contributed by atoms with E-state index in [0.717, 1.165) is 25.4 Å². The van der Waals surface area contributed by atoms with Gasteiger partial charge in [-0.1, -0.05) is 33.3 Å². The van der Waals surface area contributed by atoms with Crippen LogP contribution in [0.2, 0.25) is 0 Å². The fourth-order valence-electron chi connectivity index (χ4n) is 2.28. The minimum atomic E-state index is 0.677. The minimum absolute atomic E-state index is 0.677. The third-order valence-electron chi connectivity index (χ3n) is 3.46. The Kier molecular flexibility index (Phi) is 8.21. The molecule has 1 N–H and O–H groups in total. The Balaban J connectivity index is 2.75. The van der Waals surface area contributed by atoms with Gasteiger partial charge in [-0.05, 0) is 43.5 Å². The molecule has 3 heteroatoms. The topological polar surface area (TPSA) is 24.5 Å². The monoisotopic (exact) mass is 292 g/mol. The fourth-order valence-corrected chi connectivity index (χ4v) is 2.28. The second kappa shape index (κ2) is 9.67. The summed E-state index contributed by atoms with van der Waals surface area (Å²) in [6.45, 7) is 12.4. The summed E-state index contributed by atoms with van der Waals surface area (Å²) in [5, 5.41) is 3.48. The molecule has 0 radical (unpaired) electrons. The Hall–Kier alpha value is -1.22. The van der Waals surface area contributed by atoms with Crippen molar-refractivity contribution in [3.05, 3.63) is 23.8 Å². The van der Waals surface area contributed by atoms with Crippen LogP contribution < -0.4 is 15.0 Å². The van der Waals surface area contributed by atoms with Crippen LogP contribution in [0.5, 0.6) is 5.75 Å². The van der Waals surface area contributed by atoms with E-state index in [9.17, 15) is 0 Å².